The van der Waals surface area contributed by atoms with E-state index < -0.39 is 0 Å². The molecule has 0 radical (unpaired) electrons. The molecule has 4 aromatic heterocycles. The van der Waals surface area contributed by atoms with Gasteiger partial charge in [0.15, 0.2) is 0 Å². The fraction of sp³-hybridized carbons (Fsp3) is 0.333. The van der Waals surface area contributed by atoms with E-state index in [1.807, 2.05) is 66.7 Å². The number of ether oxygens (including phenoxy) is 2. The predicted octanol–water partition coefficient (Wildman–Crippen LogP) is 14.7. The van der Waals surface area contributed by atoms with Crippen molar-refractivity contribution in [3.05, 3.63) is 103 Å². The van der Waals surface area contributed by atoms with Gasteiger partial charge in [-0.25, -0.2) is 0 Å². The van der Waals surface area contributed by atoms with Gasteiger partial charge in [-0.3, -0.25) is 0 Å². The number of nitrogens with zero attached hydrogens (tertiary/aromatic N) is 4. The van der Waals surface area contributed by atoms with Gasteiger partial charge in [0.05, 0.1) is 23.0 Å². The summed E-state index contributed by atoms with van der Waals surface area (Å²) in [6.45, 7) is 10.1. The van der Waals surface area contributed by atoms with Crippen LogP contribution in [0.5, 0.6) is 11.5 Å². The van der Waals surface area contributed by atoms with Gasteiger partial charge in [0.1, 0.15) is 11.5 Å². The van der Waals surface area contributed by atoms with Gasteiger partial charge in [-0.05, 0) is 108 Å². The number of benzene rings is 3. The Labute approximate surface area is 350 Å². The number of thiophene rings is 2. The third kappa shape index (κ3) is 10.8. The van der Waals surface area contributed by atoms with Crippen LogP contribution in [-0.2, 0) is 0 Å². The van der Waals surface area contributed by atoms with Crippen LogP contribution in [0.2, 0.25) is 0 Å². The molecule has 300 valence electrons. The zero-order valence-corrected chi connectivity index (χ0v) is 35.2. The standard InChI is InChI=1S/C48H52N4O4S2/c1-4-7-9-11-13-15-31-53-38-22-17-35(18-23-38)45-49-51-47(55-45)43-29-27-41(57-43)37-21-26-40(34(6-3)33-37)42-28-30-44(58-42)48-52-50-46(56-48)36-19-24-39(25-20-36)54-32-16-14-12-10-8-5-2/h6,17-30,33H,3-5,7-16,31-32H2,1-2H3. The highest BCUT2D eigenvalue weighted by Gasteiger charge is 2.17. The molecule has 0 unspecified atom stereocenters. The molecule has 8 nitrogen and oxygen atoms in total. The minimum atomic E-state index is 0.480. The molecule has 0 N–H and O–H groups in total. The molecule has 0 aliphatic rings. The monoisotopic (exact) mass is 812 g/mol. The van der Waals surface area contributed by atoms with E-state index in [9.17, 15) is 0 Å². The topological polar surface area (TPSA) is 96.3 Å². The number of hydrogen-bond acceptors (Lipinski definition) is 10. The molecule has 0 spiro atoms. The minimum absolute atomic E-state index is 0.480. The van der Waals surface area contributed by atoms with Crippen LogP contribution in [0.4, 0.5) is 0 Å². The summed E-state index contributed by atoms with van der Waals surface area (Å²) >= 11 is 3.23. The molecule has 10 heteroatoms. The summed E-state index contributed by atoms with van der Waals surface area (Å²) in [6.07, 6.45) is 16.8. The van der Waals surface area contributed by atoms with Crippen molar-refractivity contribution in [1.82, 2.24) is 20.4 Å². The Bertz CT molecular complexity index is 2320. The lowest BCUT2D eigenvalue weighted by Gasteiger charge is -2.07. The van der Waals surface area contributed by atoms with E-state index in [0.717, 1.165) is 84.9 Å². The zero-order chi connectivity index (χ0) is 39.9. The molecule has 0 saturated carbocycles. The second-order valence-electron chi connectivity index (χ2n) is 14.4. The maximum Gasteiger partial charge on any atom is 0.258 e. The summed E-state index contributed by atoms with van der Waals surface area (Å²) in [7, 11) is 0. The molecular formula is C48H52N4O4S2. The van der Waals surface area contributed by atoms with Crippen molar-refractivity contribution in [1.29, 1.82) is 0 Å². The number of unbranched alkanes of at least 4 members (excludes halogenated alkanes) is 10. The van der Waals surface area contributed by atoms with Crippen LogP contribution in [0.3, 0.4) is 0 Å². The van der Waals surface area contributed by atoms with Gasteiger partial charge in [-0.1, -0.05) is 103 Å². The van der Waals surface area contributed by atoms with Gasteiger partial charge in [-0.2, -0.15) is 0 Å². The first-order valence-corrected chi connectivity index (χ1v) is 22.4. The summed E-state index contributed by atoms with van der Waals surface area (Å²) in [5.41, 5.74) is 4.93. The molecule has 4 heterocycles. The zero-order valence-electron chi connectivity index (χ0n) is 33.6. The highest BCUT2D eigenvalue weighted by Crippen LogP contribution is 2.40. The molecule has 3 aromatic carbocycles. The summed E-state index contributed by atoms with van der Waals surface area (Å²) < 4.78 is 24.1. The van der Waals surface area contributed by atoms with E-state index in [2.05, 4.69) is 71.2 Å². The van der Waals surface area contributed by atoms with Crippen molar-refractivity contribution in [2.24, 2.45) is 0 Å². The van der Waals surface area contributed by atoms with Crippen molar-refractivity contribution < 1.29 is 18.3 Å². The van der Waals surface area contributed by atoms with Crippen LogP contribution < -0.4 is 9.47 Å². The molecule has 7 aromatic rings. The van der Waals surface area contributed by atoms with Crippen LogP contribution in [0.1, 0.15) is 96.5 Å². The van der Waals surface area contributed by atoms with Gasteiger partial charge in [0.2, 0.25) is 11.8 Å². The van der Waals surface area contributed by atoms with Crippen LogP contribution in [0.15, 0.2) is 106 Å². The normalized spacial score (nSPS) is 11.3. The fourth-order valence-corrected chi connectivity index (χ4v) is 8.62. The maximum absolute atomic E-state index is 6.13. The van der Waals surface area contributed by atoms with Crippen LogP contribution in [0, 0.1) is 0 Å². The first-order chi connectivity index (χ1) is 28.6. The third-order valence-electron chi connectivity index (χ3n) is 10.0. The molecule has 0 fully saturated rings. The van der Waals surface area contributed by atoms with Crippen molar-refractivity contribution in [3.63, 3.8) is 0 Å². The average Bonchev–Trinajstić information content (AvgIpc) is 4.11. The quantitative estimate of drug-likeness (QED) is 0.0589. The average molecular weight is 813 g/mol. The van der Waals surface area contributed by atoms with E-state index in [1.165, 1.54) is 64.2 Å². The molecule has 0 amide bonds. The molecular weight excluding hydrogens is 761 g/mol. The Kier molecular flexibility index (Phi) is 14.7. The Balaban J connectivity index is 0.943. The van der Waals surface area contributed by atoms with Crippen molar-refractivity contribution in [2.45, 2.75) is 90.9 Å². The van der Waals surface area contributed by atoms with E-state index in [-0.39, 0.29) is 0 Å². The first-order valence-electron chi connectivity index (χ1n) is 20.7. The fourth-order valence-electron chi connectivity index (χ4n) is 6.73. The van der Waals surface area contributed by atoms with Gasteiger partial charge in [0.25, 0.3) is 11.8 Å². The summed E-state index contributed by atoms with van der Waals surface area (Å²) in [5.74, 6) is 3.66. The highest BCUT2D eigenvalue weighted by molar-refractivity contribution is 7.19. The molecule has 0 bridgehead atoms. The number of rotatable bonds is 23. The summed E-state index contributed by atoms with van der Waals surface area (Å²) in [6, 6.07) is 30.4. The van der Waals surface area contributed by atoms with E-state index in [4.69, 9.17) is 18.3 Å². The second-order valence-corrected chi connectivity index (χ2v) is 16.6. The highest BCUT2D eigenvalue weighted by atomic mass is 32.1. The van der Waals surface area contributed by atoms with Gasteiger partial charge >= 0.3 is 0 Å². The molecule has 0 aliphatic carbocycles. The van der Waals surface area contributed by atoms with E-state index in [0.29, 0.717) is 23.6 Å². The SMILES string of the molecule is C=Cc1cc(-c2ccc(-c3nnc(-c4ccc(OCCCCCCCC)cc4)o3)s2)ccc1-c1ccc(-c2nnc(-c3ccc(OCCCCCCCC)cc3)o2)s1. The maximum atomic E-state index is 6.13. The summed E-state index contributed by atoms with van der Waals surface area (Å²) in [4.78, 5) is 4.00. The molecule has 0 aliphatic heterocycles. The van der Waals surface area contributed by atoms with E-state index >= 15 is 0 Å². The Hall–Kier alpha value is -5.32. The Morgan fingerprint density at radius 1 is 0.483 bits per heavy atom. The van der Waals surface area contributed by atoms with Crippen molar-refractivity contribution in [2.75, 3.05) is 13.2 Å². The molecule has 0 saturated heterocycles. The smallest absolute Gasteiger partial charge is 0.258 e. The lowest BCUT2D eigenvalue weighted by atomic mass is 10.0. The number of hydrogen-bond donors (Lipinski definition) is 0. The lowest BCUT2D eigenvalue weighted by molar-refractivity contribution is 0.304. The Morgan fingerprint density at radius 3 is 1.43 bits per heavy atom. The largest absolute Gasteiger partial charge is 0.494 e. The Morgan fingerprint density at radius 2 is 0.914 bits per heavy atom. The first kappa shape index (κ1) is 40.9. The van der Waals surface area contributed by atoms with E-state index in [1.54, 1.807) is 22.7 Å². The van der Waals surface area contributed by atoms with Crippen LogP contribution in [-0.4, -0.2) is 33.6 Å². The van der Waals surface area contributed by atoms with Gasteiger partial charge in [0, 0.05) is 20.9 Å². The van der Waals surface area contributed by atoms with Gasteiger partial charge in [-0.15, -0.1) is 43.1 Å². The lowest BCUT2D eigenvalue weighted by Crippen LogP contribution is -1.97. The predicted molar refractivity (Wildman–Crippen MR) is 238 cm³/mol. The second kappa shape index (κ2) is 20.9. The van der Waals surface area contributed by atoms with Crippen molar-refractivity contribution >= 4 is 28.7 Å². The van der Waals surface area contributed by atoms with Gasteiger partial charge < -0.3 is 18.3 Å². The number of aromatic nitrogens is 4. The molecule has 7 rings (SSSR count). The third-order valence-corrected chi connectivity index (χ3v) is 12.3. The molecule has 0 atom stereocenters. The summed E-state index contributed by atoms with van der Waals surface area (Å²) in [5, 5.41) is 17.4. The van der Waals surface area contributed by atoms with Crippen LogP contribution >= 0.6 is 22.7 Å². The molecule has 58 heavy (non-hydrogen) atoms. The minimum Gasteiger partial charge on any atom is -0.494 e. The van der Waals surface area contributed by atoms with Crippen molar-refractivity contribution in [3.8, 4) is 76.8 Å². The van der Waals surface area contributed by atoms with Crippen LogP contribution in [0.25, 0.3) is 71.4 Å².